The Balaban J connectivity index is 1.08. The second kappa shape index (κ2) is 8.96. The number of aromatic nitrogens is 4. The number of nitrogens with zero attached hydrogens (tertiary/aromatic N) is 6. The van der Waals surface area contributed by atoms with E-state index in [4.69, 9.17) is 11.6 Å². The molecule has 6 rings (SSSR count). The molecule has 10 heteroatoms. The van der Waals surface area contributed by atoms with Gasteiger partial charge >= 0.3 is 0 Å². The van der Waals surface area contributed by atoms with Crippen LogP contribution in [0, 0.1) is 30.1 Å². The minimum Gasteiger partial charge on any atom is -0.348 e. The quantitative estimate of drug-likeness (QED) is 0.534. The summed E-state index contributed by atoms with van der Waals surface area (Å²) in [6, 6.07) is 9.35. The van der Waals surface area contributed by atoms with E-state index < -0.39 is 0 Å². The van der Waals surface area contributed by atoms with E-state index in [1.165, 1.54) is 0 Å². The molecule has 1 N–H and O–H groups in total. The number of nitriles is 1. The number of carbonyl (C=O) groups is 2. The Morgan fingerprint density at radius 3 is 2.78 bits per heavy atom. The molecule has 1 saturated heterocycles. The van der Waals surface area contributed by atoms with E-state index in [2.05, 4.69) is 26.7 Å². The highest BCUT2D eigenvalue weighted by Crippen LogP contribution is 2.47. The lowest BCUT2D eigenvalue weighted by molar-refractivity contribution is -0.118. The molecule has 3 aromatic rings. The molecule has 1 aromatic carbocycles. The van der Waals surface area contributed by atoms with E-state index in [0.717, 1.165) is 48.3 Å². The average molecular weight is 516 g/mol. The van der Waals surface area contributed by atoms with Crippen molar-refractivity contribution < 1.29 is 9.59 Å². The number of aryl methyl sites for hydroxylation is 1. The van der Waals surface area contributed by atoms with Gasteiger partial charge in [0.15, 0.2) is 5.69 Å². The fourth-order valence-corrected chi connectivity index (χ4v) is 5.69. The molecule has 3 fully saturated rings. The predicted octanol–water partition coefficient (Wildman–Crippen LogP) is 3.77. The standard InChI is InChI=1S/C27H26ClN7O2/c1-14-5-18(11-30-25(14)34-12-19-8-23(19)27(34)37)15(2)35-13-24(32-33-35)26(36)31-21-6-17(7-21)22-9-20(28)4-3-16(22)10-29/h3-5,9,11,13,15,17,19,21,23H,6-8,12H2,1-2H3,(H,31,36)/t15-,17?,19-,21?,23-/m1/s1. The van der Waals surface area contributed by atoms with Crippen LogP contribution >= 0.6 is 11.6 Å². The molecule has 0 unspecified atom stereocenters. The van der Waals surface area contributed by atoms with Crippen molar-refractivity contribution in [1.82, 2.24) is 25.3 Å². The monoisotopic (exact) mass is 515 g/mol. The van der Waals surface area contributed by atoms with E-state index in [0.29, 0.717) is 16.5 Å². The molecular weight excluding hydrogens is 490 g/mol. The molecule has 3 heterocycles. The summed E-state index contributed by atoms with van der Waals surface area (Å²) in [5, 5.41) is 21.3. The first-order chi connectivity index (χ1) is 17.8. The van der Waals surface area contributed by atoms with Crippen LogP contribution in [0.1, 0.15) is 70.9 Å². The topological polar surface area (TPSA) is 117 Å². The van der Waals surface area contributed by atoms with Crippen LogP contribution in [0.3, 0.4) is 0 Å². The van der Waals surface area contributed by atoms with Crippen molar-refractivity contribution in [3.63, 3.8) is 0 Å². The van der Waals surface area contributed by atoms with Gasteiger partial charge in [0.25, 0.3) is 5.91 Å². The lowest BCUT2D eigenvalue weighted by atomic mass is 9.74. The molecule has 3 atom stereocenters. The first kappa shape index (κ1) is 23.6. The van der Waals surface area contributed by atoms with E-state index >= 15 is 0 Å². The van der Waals surface area contributed by atoms with Gasteiger partial charge in [-0.3, -0.25) is 14.5 Å². The molecule has 0 bridgehead atoms. The minimum absolute atomic E-state index is 0.00401. The van der Waals surface area contributed by atoms with E-state index in [9.17, 15) is 14.9 Å². The van der Waals surface area contributed by atoms with Crippen LogP contribution in [0.15, 0.2) is 36.7 Å². The third kappa shape index (κ3) is 4.25. The fourth-order valence-electron chi connectivity index (χ4n) is 5.51. The van der Waals surface area contributed by atoms with Crippen molar-refractivity contribution in [2.24, 2.45) is 11.8 Å². The Morgan fingerprint density at radius 1 is 1.27 bits per heavy atom. The highest BCUT2D eigenvalue weighted by atomic mass is 35.5. The lowest BCUT2D eigenvalue weighted by Gasteiger charge is -2.36. The van der Waals surface area contributed by atoms with Gasteiger partial charge in [0.2, 0.25) is 5.91 Å². The van der Waals surface area contributed by atoms with Crippen LogP contribution < -0.4 is 10.2 Å². The fraction of sp³-hybridized carbons (Fsp3) is 0.407. The van der Waals surface area contributed by atoms with E-state index in [-0.39, 0.29) is 41.4 Å². The molecule has 2 aromatic heterocycles. The summed E-state index contributed by atoms with van der Waals surface area (Å²) in [5.74, 6) is 1.51. The van der Waals surface area contributed by atoms with Crippen molar-refractivity contribution in [3.05, 3.63) is 69.6 Å². The maximum absolute atomic E-state index is 12.8. The second-order valence-corrected chi connectivity index (χ2v) is 10.8. The van der Waals surface area contributed by atoms with Crippen LogP contribution in [0.2, 0.25) is 5.02 Å². The van der Waals surface area contributed by atoms with Gasteiger partial charge in [-0.05, 0) is 85.9 Å². The number of hydrogen-bond acceptors (Lipinski definition) is 6. The zero-order valence-electron chi connectivity index (χ0n) is 20.6. The van der Waals surface area contributed by atoms with Gasteiger partial charge < -0.3 is 5.32 Å². The molecule has 0 spiro atoms. The Labute approximate surface area is 219 Å². The number of halogens is 1. The number of fused-ring (bicyclic) bond motifs is 1. The number of pyridine rings is 1. The van der Waals surface area contributed by atoms with Crippen molar-refractivity contribution >= 4 is 29.2 Å². The molecule has 0 radical (unpaired) electrons. The summed E-state index contributed by atoms with van der Waals surface area (Å²) in [7, 11) is 0. The molecule has 37 heavy (non-hydrogen) atoms. The lowest BCUT2D eigenvalue weighted by Crippen LogP contribution is -2.43. The zero-order chi connectivity index (χ0) is 25.8. The third-order valence-corrected chi connectivity index (χ3v) is 8.15. The van der Waals surface area contributed by atoms with Gasteiger partial charge in [0.1, 0.15) is 5.82 Å². The van der Waals surface area contributed by atoms with Gasteiger partial charge in [-0.25, -0.2) is 9.67 Å². The van der Waals surface area contributed by atoms with Crippen LogP contribution in [-0.4, -0.2) is 44.4 Å². The second-order valence-electron chi connectivity index (χ2n) is 10.4. The number of rotatable bonds is 6. The first-order valence-corrected chi connectivity index (χ1v) is 12.9. The van der Waals surface area contributed by atoms with Gasteiger partial charge in [-0.2, -0.15) is 5.26 Å². The van der Waals surface area contributed by atoms with Crippen molar-refractivity contribution in [1.29, 1.82) is 5.26 Å². The number of benzene rings is 1. The largest absolute Gasteiger partial charge is 0.348 e. The van der Waals surface area contributed by atoms with E-state index in [1.54, 1.807) is 34.1 Å². The average Bonchev–Trinajstić information content (AvgIpc) is 3.32. The van der Waals surface area contributed by atoms with Crippen molar-refractivity contribution in [2.45, 2.75) is 51.1 Å². The Bertz CT molecular complexity index is 1460. The van der Waals surface area contributed by atoms with E-state index in [1.807, 2.05) is 26.0 Å². The highest BCUT2D eigenvalue weighted by Gasteiger charge is 2.53. The minimum atomic E-state index is -0.274. The SMILES string of the molecule is Cc1cc([C@@H](C)n2cc(C(=O)NC3CC(c4cc(Cl)ccc4C#N)C3)nn2)cnc1N1C[C@H]2C[C@H]2C1=O. The molecule has 188 valence electrons. The summed E-state index contributed by atoms with van der Waals surface area (Å²) in [6.07, 6.45) is 5.90. The van der Waals surface area contributed by atoms with Gasteiger partial charge in [-0.15, -0.1) is 5.10 Å². The highest BCUT2D eigenvalue weighted by molar-refractivity contribution is 6.30. The van der Waals surface area contributed by atoms with Gasteiger partial charge in [-0.1, -0.05) is 16.8 Å². The predicted molar refractivity (Wildman–Crippen MR) is 136 cm³/mol. The summed E-state index contributed by atoms with van der Waals surface area (Å²) < 4.78 is 1.65. The zero-order valence-corrected chi connectivity index (χ0v) is 21.3. The molecule has 2 aliphatic carbocycles. The Morgan fingerprint density at radius 2 is 2.08 bits per heavy atom. The van der Waals surface area contributed by atoms with Crippen LogP contribution in [0.5, 0.6) is 0 Å². The summed E-state index contributed by atoms with van der Waals surface area (Å²) in [6.45, 7) is 4.69. The number of amides is 2. The number of hydrogen-bond donors (Lipinski definition) is 1. The van der Waals surface area contributed by atoms with Crippen molar-refractivity contribution in [2.75, 3.05) is 11.4 Å². The summed E-state index contributed by atoms with van der Waals surface area (Å²) in [4.78, 5) is 31.6. The Hall–Kier alpha value is -3.77. The first-order valence-electron chi connectivity index (χ1n) is 12.5. The number of carbonyl (C=O) groups excluding carboxylic acids is 2. The number of nitrogens with one attached hydrogen (secondary N) is 1. The normalized spacial score (nSPS) is 24.7. The molecule has 1 aliphatic heterocycles. The van der Waals surface area contributed by atoms with Gasteiger partial charge in [0, 0.05) is 29.7 Å². The Kier molecular flexibility index (Phi) is 5.72. The molecule has 9 nitrogen and oxygen atoms in total. The van der Waals surface area contributed by atoms with Crippen LogP contribution in [0.4, 0.5) is 5.82 Å². The third-order valence-electron chi connectivity index (χ3n) is 7.92. The van der Waals surface area contributed by atoms with Crippen LogP contribution in [-0.2, 0) is 4.79 Å². The molecule has 3 aliphatic rings. The smallest absolute Gasteiger partial charge is 0.273 e. The number of piperidine rings is 1. The summed E-state index contributed by atoms with van der Waals surface area (Å²) in [5.41, 5.74) is 3.67. The molecule has 2 saturated carbocycles. The maximum atomic E-state index is 12.8. The van der Waals surface area contributed by atoms with Crippen LogP contribution in [0.25, 0.3) is 0 Å². The molecule has 2 amide bonds. The summed E-state index contributed by atoms with van der Waals surface area (Å²) >= 11 is 6.11. The maximum Gasteiger partial charge on any atom is 0.273 e. The van der Waals surface area contributed by atoms with Crippen molar-refractivity contribution in [3.8, 4) is 6.07 Å². The van der Waals surface area contributed by atoms with Gasteiger partial charge in [0.05, 0.1) is 23.9 Å². The number of anilines is 1. The molecular formula is C27H26ClN7O2.